The molecule has 0 bridgehead atoms. The van der Waals surface area contributed by atoms with Gasteiger partial charge in [-0.1, -0.05) is 18.2 Å². The first-order valence-electron chi connectivity index (χ1n) is 11.6. The van der Waals surface area contributed by atoms with Crippen LogP contribution in [0.25, 0.3) is 0 Å². The van der Waals surface area contributed by atoms with Gasteiger partial charge in [-0.15, -0.1) is 12.3 Å². The molecule has 0 radical (unpaired) electrons. The molecule has 0 spiro atoms. The van der Waals surface area contributed by atoms with E-state index in [0.717, 1.165) is 16.8 Å². The largest absolute Gasteiger partial charge is 0.465 e. The number of aliphatic hydroxyl groups excluding tert-OH is 2. The van der Waals surface area contributed by atoms with E-state index in [1.807, 2.05) is 0 Å². The van der Waals surface area contributed by atoms with Gasteiger partial charge < -0.3 is 24.2 Å². The van der Waals surface area contributed by atoms with Crippen LogP contribution in [-0.2, 0) is 23.4 Å². The summed E-state index contributed by atoms with van der Waals surface area (Å²) < 4.78 is 36.8. The van der Waals surface area contributed by atoms with Crippen LogP contribution in [0.2, 0.25) is 0 Å². The van der Waals surface area contributed by atoms with Crippen LogP contribution in [0.4, 0.5) is 0 Å². The minimum Gasteiger partial charge on any atom is -0.465 e. The molecule has 14 heteroatoms. The molecule has 38 heavy (non-hydrogen) atoms. The van der Waals surface area contributed by atoms with Gasteiger partial charge in [0.15, 0.2) is 0 Å². The van der Waals surface area contributed by atoms with E-state index in [2.05, 4.69) is 16.0 Å². The lowest BCUT2D eigenvalue weighted by Gasteiger charge is -2.31. The van der Waals surface area contributed by atoms with Crippen LogP contribution in [0.1, 0.15) is 33.4 Å². The number of ether oxygens (including phenoxy) is 2. The standard InChI is InChI=1S/C24H32N3O10P/c1-5-10-21(27-14-13-20(30)25-23(27)32)36-19(18(29)15-28)16-35-38(33,37-17-11-8-7-9-12-17)26-24(3,4)22(31)34-6-2/h1,7-9,11-14,18-19,21,28-29H,6,10,15-16H2,2-4H3,(H,26,33)(H,25,30,32). The molecule has 0 fully saturated rings. The molecule has 2 rings (SSSR count). The molecule has 1 aromatic heterocycles. The Kier molecular flexibility index (Phi) is 11.5. The molecule has 2 aromatic rings. The number of nitrogens with zero attached hydrogens (tertiary/aromatic N) is 1. The molecule has 0 saturated carbocycles. The van der Waals surface area contributed by atoms with Gasteiger partial charge in [-0.2, -0.15) is 5.09 Å². The first kappa shape index (κ1) is 31.0. The average molecular weight is 554 g/mol. The SMILES string of the molecule is C#CCC(OC(COP(=O)(NC(C)(C)C(=O)OCC)Oc1ccccc1)C(O)CO)n1ccc(=O)[nH]c1=O. The van der Waals surface area contributed by atoms with Gasteiger partial charge >= 0.3 is 19.4 Å². The second-order valence-corrected chi connectivity index (χ2v) is 10.1. The number of terminal acetylenes is 1. The molecule has 0 aliphatic rings. The van der Waals surface area contributed by atoms with Crippen molar-refractivity contribution in [3.05, 3.63) is 63.4 Å². The van der Waals surface area contributed by atoms with Crippen molar-refractivity contribution < 1.29 is 38.1 Å². The third kappa shape index (κ3) is 8.95. The second-order valence-electron chi connectivity index (χ2n) is 8.46. The maximum Gasteiger partial charge on any atom is 0.459 e. The van der Waals surface area contributed by atoms with Crippen molar-refractivity contribution in [3.8, 4) is 18.1 Å². The molecule has 0 amide bonds. The molecule has 0 saturated heterocycles. The summed E-state index contributed by atoms with van der Waals surface area (Å²) in [5.41, 5.74) is -3.00. The summed E-state index contributed by atoms with van der Waals surface area (Å²) in [6.45, 7) is 3.09. The van der Waals surface area contributed by atoms with Gasteiger partial charge in [-0.25, -0.2) is 9.36 Å². The average Bonchev–Trinajstić information content (AvgIpc) is 2.86. The van der Waals surface area contributed by atoms with Crippen molar-refractivity contribution in [1.29, 1.82) is 0 Å². The summed E-state index contributed by atoms with van der Waals surface area (Å²) in [4.78, 5) is 38.2. The molecule has 1 aromatic carbocycles. The molecule has 13 nitrogen and oxygen atoms in total. The number of para-hydroxylation sites is 1. The zero-order valence-electron chi connectivity index (χ0n) is 21.2. The summed E-state index contributed by atoms with van der Waals surface area (Å²) in [7, 11) is -4.37. The number of aromatic nitrogens is 2. The van der Waals surface area contributed by atoms with E-state index >= 15 is 0 Å². The number of aliphatic hydroxyl groups is 2. The summed E-state index contributed by atoms with van der Waals surface area (Å²) in [6, 6.07) is 9.06. The highest BCUT2D eigenvalue weighted by atomic mass is 31.2. The fourth-order valence-electron chi connectivity index (χ4n) is 3.10. The van der Waals surface area contributed by atoms with Gasteiger partial charge in [0.05, 0.1) is 26.2 Å². The van der Waals surface area contributed by atoms with E-state index in [1.54, 1.807) is 25.1 Å². The van der Waals surface area contributed by atoms with E-state index in [9.17, 15) is 29.2 Å². The van der Waals surface area contributed by atoms with Gasteiger partial charge in [0.25, 0.3) is 5.56 Å². The number of aromatic amines is 1. The number of carbonyl (C=O) groups excluding carboxylic acids is 1. The number of benzene rings is 1. The van der Waals surface area contributed by atoms with Gasteiger partial charge in [0.2, 0.25) is 0 Å². The second kappa shape index (κ2) is 14.1. The Morgan fingerprint density at radius 1 is 1.26 bits per heavy atom. The number of esters is 1. The Morgan fingerprint density at radius 3 is 2.53 bits per heavy atom. The minimum absolute atomic E-state index is 0.0773. The Morgan fingerprint density at radius 2 is 1.95 bits per heavy atom. The smallest absolute Gasteiger partial charge is 0.459 e. The van der Waals surface area contributed by atoms with Crippen LogP contribution >= 0.6 is 7.75 Å². The maximum atomic E-state index is 13.8. The Labute approximate surface area is 219 Å². The lowest BCUT2D eigenvalue weighted by Crippen LogP contribution is -2.47. The quantitative estimate of drug-likeness (QED) is 0.140. The molecular weight excluding hydrogens is 521 g/mol. The fourth-order valence-corrected chi connectivity index (χ4v) is 4.78. The van der Waals surface area contributed by atoms with Crippen LogP contribution in [0.5, 0.6) is 5.75 Å². The normalized spacial score (nSPS) is 15.5. The zero-order chi connectivity index (χ0) is 28.3. The molecule has 0 aliphatic carbocycles. The number of hydrogen-bond acceptors (Lipinski definition) is 10. The highest BCUT2D eigenvalue weighted by Gasteiger charge is 2.41. The van der Waals surface area contributed by atoms with Crippen molar-refractivity contribution in [2.75, 3.05) is 19.8 Å². The van der Waals surface area contributed by atoms with Gasteiger partial charge in [0, 0.05) is 12.3 Å². The predicted octanol–water partition coefficient (Wildman–Crippen LogP) is 0.932. The number of nitrogens with one attached hydrogen (secondary N) is 2. The summed E-state index contributed by atoms with van der Waals surface area (Å²) in [6.07, 6.45) is 2.22. The van der Waals surface area contributed by atoms with E-state index in [4.69, 9.17) is 24.9 Å². The third-order valence-corrected chi connectivity index (χ3v) is 6.75. The number of H-pyrrole nitrogens is 1. The lowest BCUT2D eigenvalue weighted by atomic mass is 10.1. The van der Waals surface area contributed by atoms with Crippen molar-refractivity contribution >= 4 is 13.7 Å². The molecule has 1 heterocycles. The van der Waals surface area contributed by atoms with Crippen molar-refractivity contribution in [3.63, 3.8) is 0 Å². The van der Waals surface area contributed by atoms with Crippen molar-refractivity contribution in [2.45, 2.75) is 51.2 Å². The van der Waals surface area contributed by atoms with Crippen molar-refractivity contribution in [1.82, 2.24) is 14.6 Å². The van der Waals surface area contributed by atoms with E-state index < -0.39 is 62.2 Å². The Balaban J connectivity index is 2.35. The van der Waals surface area contributed by atoms with Gasteiger partial charge in [-0.3, -0.25) is 23.7 Å². The maximum absolute atomic E-state index is 13.8. The molecular formula is C24H32N3O10P. The van der Waals surface area contributed by atoms with Crippen LogP contribution < -0.4 is 20.9 Å². The molecule has 0 aliphatic heterocycles. The minimum atomic E-state index is -4.37. The lowest BCUT2D eigenvalue weighted by molar-refractivity contribution is -0.149. The molecule has 208 valence electrons. The first-order valence-corrected chi connectivity index (χ1v) is 13.1. The highest BCUT2D eigenvalue weighted by Crippen LogP contribution is 2.46. The molecule has 4 N–H and O–H groups in total. The Bertz CT molecular complexity index is 1250. The van der Waals surface area contributed by atoms with Crippen LogP contribution in [-0.4, -0.2) is 63.3 Å². The van der Waals surface area contributed by atoms with Crippen LogP contribution in [0.3, 0.4) is 0 Å². The van der Waals surface area contributed by atoms with Crippen molar-refractivity contribution in [2.24, 2.45) is 0 Å². The van der Waals surface area contributed by atoms with Crippen LogP contribution in [0, 0.1) is 12.3 Å². The van der Waals surface area contributed by atoms with Gasteiger partial charge in [0.1, 0.15) is 29.7 Å². The fraction of sp³-hybridized carbons (Fsp3) is 0.458. The predicted molar refractivity (Wildman–Crippen MR) is 136 cm³/mol. The van der Waals surface area contributed by atoms with E-state index in [-0.39, 0.29) is 18.8 Å². The van der Waals surface area contributed by atoms with E-state index in [0.29, 0.717) is 0 Å². The van der Waals surface area contributed by atoms with Gasteiger partial charge in [-0.05, 0) is 32.9 Å². The topological polar surface area (TPSA) is 178 Å². The van der Waals surface area contributed by atoms with Crippen LogP contribution in [0.15, 0.2) is 52.2 Å². The number of carbonyl (C=O) groups is 1. The highest BCUT2D eigenvalue weighted by molar-refractivity contribution is 7.52. The molecule has 4 unspecified atom stereocenters. The molecule has 4 atom stereocenters. The number of hydrogen-bond donors (Lipinski definition) is 4. The van der Waals surface area contributed by atoms with E-state index in [1.165, 1.54) is 26.0 Å². The first-order chi connectivity index (χ1) is 17.9. The Hall–Kier alpha value is -3.24. The summed E-state index contributed by atoms with van der Waals surface area (Å²) in [5, 5.41) is 22.5. The monoisotopic (exact) mass is 553 g/mol. The number of rotatable bonds is 15. The zero-order valence-corrected chi connectivity index (χ0v) is 22.1. The summed E-state index contributed by atoms with van der Waals surface area (Å²) in [5.74, 6) is 1.75. The third-order valence-electron chi connectivity index (χ3n) is 4.98. The summed E-state index contributed by atoms with van der Waals surface area (Å²) >= 11 is 0.